The van der Waals surface area contributed by atoms with Crippen LogP contribution in [0.25, 0.3) is 11.1 Å². The van der Waals surface area contributed by atoms with Crippen LogP contribution in [0.3, 0.4) is 0 Å². The number of hydrogen-bond donors (Lipinski definition) is 0. The van der Waals surface area contributed by atoms with Crippen LogP contribution in [0.4, 0.5) is 8.78 Å². The van der Waals surface area contributed by atoms with Gasteiger partial charge in [-0.05, 0) is 42.2 Å². The zero-order valence-corrected chi connectivity index (χ0v) is 10.8. The number of nitrogens with zero attached hydrogens (tertiary/aromatic N) is 1. The summed E-state index contributed by atoms with van der Waals surface area (Å²) in [6, 6.07) is 5.52. The third-order valence-electron chi connectivity index (χ3n) is 4.15. The maximum absolute atomic E-state index is 14.0. The largest absolute Gasteiger partial charge is 0.368 e. The van der Waals surface area contributed by atoms with E-state index in [1.54, 1.807) is 12.3 Å². The van der Waals surface area contributed by atoms with Gasteiger partial charge in [-0.1, -0.05) is 0 Å². The third-order valence-corrected chi connectivity index (χ3v) is 4.15. The molecule has 0 aliphatic carbocycles. The van der Waals surface area contributed by atoms with Gasteiger partial charge in [0.25, 0.3) is 0 Å². The SMILES string of the molecule is Fc1ccc(-c2ccnc3c2CC2CCC3O2)c(F)c1. The lowest BCUT2D eigenvalue weighted by molar-refractivity contribution is 0.0296. The van der Waals surface area contributed by atoms with E-state index in [1.807, 2.05) is 0 Å². The van der Waals surface area contributed by atoms with Crippen LogP contribution in [0.2, 0.25) is 0 Å². The standard InChI is InChI=1S/C16H13F2NO/c17-9-1-3-12(14(18)7-9)11-5-6-19-16-13(11)8-10-2-4-15(16)20-10/h1,3,5-7,10,15H,2,4,8H2. The minimum Gasteiger partial charge on any atom is -0.368 e. The summed E-state index contributed by atoms with van der Waals surface area (Å²) in [5.41, 5.74) is 3.22. The first-order chi connectivity index (χ1) is 9.72. The summed E-state index contributed by atoms with van der Waals surface area (Å²) in [5, 5.41) is 0. The van der Waals surface area contributed by atoms with Gasteiger partial charge >= 0.3 is 0 Å². The molecule has 0 radical (unpaired) electrons. The van der Waals surface area contributed by atoms with Crippen molar-refractivity contribution in [2.45, 2.75) is 31.5 Å². The van der Waals surface area contributed by atoms with Crippen molar-refractivity contribution in [3.8, 4) is 11.1 Å². The summed E-state index contributed by atoms with van der Waals surface area (Å²) in [6.07, 6.45) is 4.67. The molecular formula is C16H13F2NO. The summed E-state index contributed by atoms with van der Waals surface area (Å²) in [4.78, 5) is 4.41. The molecule has 0 spiro atoms. The molecule has 2 atom stereocenters. The average Bonchev–Trinajstić information content (AvgIpc) is 2.82. The Morgan fingerprint density at radius 3 is 2.85 bits per heavy atom. The molecule has 102 valence electrons. The summed E-state index contributed by atoms with van der Waals surface area (Å²) < 4.78 is 32.9. The Balaban J connectivity index is 1.89. The minimum atomic E-state index is -0.558. The van der Waals surface area contributed by atoms with Gasteiger partial charge in [0.15, 0.2) is 0 Å². The Bertz CT molecular complexity index is 686. The molecule has 2 bridgehead atoms. The van der Waals surface area contributed by atoms with Crippen LogP contribution < -0.4 is 0 Å². The maximum atomic E-state index is 14.0. The van der Waals surface area contributed by atoms with Gasteiger partial charge in [0.05, 0.1) is 11.8 Å². The predicted octanol–water partition coefficient (Wildman–Crippen LogP) is 3.80. The van der Waals surface area contributed by atoms with Gasteiger partial charge in [0, 0.05) is 24.2 Å². The molecule has 4 rings (SSSR count). The molecule has 4 heteroatoms. The smallest absolute Gasteiger partial charge is 0.133 e. The van der Waals surface area contributed by atoms with E-state index in [0.717, 1.165) is 42.1 Å². The second-order valence-electron chi connectivity index (χ2n) is 5.37. The van der Waals surface area contributed by atoms with Crippen molar-refractivity contribution in [3.63, 3.8) is 0 Å². The van der Waals surface area contributed by atoms with Crippen LogP contribution in [0, 0.1) is 11.6 Å². The van der Waals surface area contributed by atoms with Gasteiger partial charge in [-0.2, -0.15) is 0 Å². The Morgan fingerprint density at radius 1 is 1.10 bits per heavy atom. The molecule has 1 aromatic carbocycles. The van der Waals surface area contributed by atoms with Crippen molar-refractivity contribution in [2.75, 3.05) is 0 Å². The third kappa shape index (κ3) is 1.75. The molecule has 0 N–H and O–H groups in total. The van der Waals surface area contributed by atoms with E-state index in [4.69, 9.17) is 4.74 Å². The number of pyridine rings is 1. The number of aromatic nitrogens is 1. The number of benzene rings is 1. The van der Waals surface area contributed by atoms with E-state index < -0.39 is 11.6 Å². The van der Waals surface area contributed by atoms with E-state index >= 15 is 0 Å². The maximum Gasteiger partial charge on any atom is 0.133 e. The van der Waals surface area contributed by atoms with E-state index in [2.05, 4.69) is 4.98 Å². The second-order valence-corrected chi connectivity index (χ2v) is 5.37. The highest BCUT2D eigenvalue weighted by atomic mass is 19.1. The Kier molecular flexibility index (Phi) is 2.60. The van der Waals surface area contributed by atoms with E-state index in [9.17, 15) is 8.78 Å². The van der Waals surface area contributed by atoms with Crippen molar-refractivity contribution < 1.29 is 13.5 Å². The lowest BCUT2D eigenvalue weighted by Gasteiger charge is -2.25. The van der Waals surface area contributed by atoms with Crippen LogP contribution in [0.5, 0.6) is 0 Å². The molecule has 3 heterocycles. The van der Waals surface area contributed by atoms with Gasteiger partial charge in [-0.3, -0.25) is 4.98 Å². The van der Waals surface area contributed by atoms with Crippen molar-refractivity contribution in [3.05, 3.63) is 53.4 Å². The zero-order chi connectivity index (χ0) is 13.7. The highest BCUT2D eigenvalue weighted by Gasteiger charge is 2.36. The monoisotopic (exact) mass is 273 g/mol. The molecule has 1 saturated heterocycles. The molecule has 2 aliphatic heterocycles. The first kappa shape index (κ1) is 12.0. The van der Waals surface area contributed by atoms with Gasteiger partial charge in [-0.15, -0.1) is 0 Å². The van der Waals surface area contributed by atoms with Crippen LogP contribution in [0.15, 0.2) is 30.5 Å². The minimum absolute atomic E-state index is 0.0345. The Labute approximate surface area is 115 Å². The molecule has 2 aromatic rings. The lowest BCUT2D eigenvalue weighted by Crippen LogP contribution is -2.19. The molecule has 1 fully saturated rings. The lowest BCUT2D eigenvalue weighted by atomic mass is 9.93. The fraction of sp³-hybridized carbons (Fsp3) is 0.312. The molecule has 2 nitrogen and oxygen atoms in total. The first-order valence-electron chi connectivity index (χ1n) is 6.81. The van der Waals surface area contributed by atoms with E-state index in [-0.39, 0.29) is 12.2 Å². The molecule has 20 heavy (non-hydrogen) atoms. The summed E-state index contributed by atoms with van der Waals surface area (Å²) in [5.74, 6) is -1.09. The summed E-state index contributed by atoms with van der Waals surface area (Å²) in [7, 11) is 0. The molecular weight excluding hydrogens is 260 g/mol. The molecule has 0 amide bonds. The molecule has 1 aromatic heterocycles. The fourth-order valence-electron chi connectivity index (χ4n) is 3.25. The predicted molar refractivity (Wildman–Crippen MR) is 70.1 cm³/mol. The Morgan fingerprint density at radius 2 is 2.00 bits per heavy atom. The van der Waals surface area contributed by atoms with Gasteiger partial charge in [0.1, 0.15) is 17.7 Å². The normalized spacial score (nSPS) is 23.7. The van der Waals surface area contributed by atoms with Crippen LogP contribution in [0.1, 0.15) is 30.2 Å². The number of ether oxygens (including phenoxy) is 1. The molecule has 0 saturated carbocycles. The highest BCUT2D eigenvalue weighted by Crippen LogP contribution is 2.43. The quantitative estimate of drug-likeness (QED) is 0.788. The molecule has 2 aliphatic rings. The van der Waals surface area contributed by atoms with E-state index in [0.29, 0.717) is 5.56 Å². The van der Waals surface area contributed by atoms with Crippen LogP contribution in [-0.4, -0.2) is 11.1 Å². The number of halogens is 2. The second kappa shape index (κ2) is 4.35. The van der Waals surface area contributed by atoms with Crippen molar-refractivity contribution in [2.24, 2.45) is 0 Å². The average molecular weight is 273 g/mol. The van der Waals surface area contributed by atoms with Crippen LogP contribution >= 0.6 is 0 Å². The van der Waals surface area contributed by atoms with Crippen molar-refractivity contribution in [1.29, 1.82) is 0 Å². The summed E-state index contributed by atoms with van der Waals surface area (Å²) in [6.45, 7) is 0. The topological polar surface area (TPSA) is 22.1 Å². The number of hydrogen-bond acceptors (Lipinski definition) is 2. The van der Waals surface area contributed by atoms with E-state index in [1.165, 1.54) is 12.1 Å². The van der Waals surface area contributed by atoms with Crippen molar-refractivity contribution in [1.82, 2.24) is 4.98 Å². The zero-order valence-electron chi connectivity index (χ0n) is 10.8. The number of rotatable bonds is 1. The van der Waals surface area contributed by atoms with Crippen molar-refractivity contribution >= 4 is 0 Å². The van der Waals surface area contributed by atoms with Crippen LogP contribution in [-0.2, 0) is 11.2 Å². The first-order valence-corrected chi connectivity index (χ1v) is 6.81. The van der Waals surface area contributed by atoms with Gasteiger partial charge in [0.2, 0.25) is 0 Å². The fourth-order valence-corrected chi connectivity index (χ4v) is 3.25. The highest BCUT2D eigenvalue weighted by molar-refractivity contribution is 5.69. The summed E-state index contributed by atoms with van der Waals surface area (Å²) >= 11 is 0. The van der Waals surface area contributed by atoms with Gasteiger partial charge < -0.3 is 4.74 Å². The van der Waals surface area contributed by atoms with Gasteiger partial charge in [-0.25, -0.2) is 8.78 Å². The Hall–Kier alpha value is -1.81. The number of fused-ring (bicyclic) bond motifs is 4. The molecule has 2 unspecified atom stereocenters.